The number of carbonyl (C=O) groups excluding carboxylic acids is 2. The Morgan fingerprint density at radius 2 is 2.16 bits per heavy atom. The predicted molar refractivity (Wildman–Crippen MR) is 64.5 cm³/mol. The van der Waals surface area contributed by atoms with Crippen LogP contribution in [0.3, 0.4) is 0 Å². The van der Waals surface area contributed by atoms with Gasteiger partial charge >= 0.3 is 6.03 Å². The normalized spacial score (nSPS) is 18.6. The van der Waals surface area contributed by atoms with Gasteiger partial charge in [0.15, 0.2) is 0 Å². The molecule has 1 unspecified atom stereocenters. The molecule has 2 rings (SSSR count). The molecule has 0 aromatic heterocycles. The van der Waals surface area contributed by atoms with E-state index in [4.69, 9.17) is 0 Å². The summed E-state index contributed by atoms with van der Waals surface area (Å²) in [7, 11) is 0. The second-order valence-electron chi connectivity index (χ2n) is 4.26. The number of urea groups is 1. The van der Waals surface area contributed by atoms with Crippen LogP contribution in [-0.2, 0) is 4.79 Å². The quantitative estimate of drug-likeness (QED) is 0.758. The highest BCUT2D eigenvalue weighted by molar-refractivity contribution is 5.89. The Bertz CT molecular complexity index is 498. The summed E-state index contributed by atoms with van der Waals surface area (Å²) in [5.74, 6) is -1.60. The van der Waals surface area contributed by atoms with Crippen molar-refractivity contribution in [3.05, 3.63) is 29.8 Å². The second-order valence-corrected chi connectivity index (χ2v) is 4.26. The number of hydrogen-bond donors (Lipinski definition) is 3. The first-order chi connectivity index (χ1) is 9.04. The van der Waals surface area contributed by atoms with Crippen LogP contribution in [0.25, 0.3) is 0 Å². The molecule has 0 bridgehead atoms. The van der Waals surface area contributed by atoms with E-state index in [1.165, 1.54) is 0 Å². The first-order valence-corrected chi connectivity index (χ1v) is 5.84. The summed E-state index contributed by atoms with van der Waals surface area (Å²) < 4.78 is 26.0. The monoisotopic (exact) mass is 269 g/mol. The molecule has 0 spiro atoms. The van der Waals surface area contributed by atoms with Crippen LogP contribution in [0.15, 0.2) is 18.2 Å². The Morgan fingerprint density at radius 1 is 1.37 bits per heavy atom. The van der Waals surface area contributed by atoms with Gasteiger partial charge in [0.05, 0.1) is 5.69 Å². The molecular formula is C12H13F2N3O2. The number of amides is 3. The molecule has 1 aliphatic rings. The van der Waals surface area contributed by atoms with Crippen molar-refractivity contribution in [1.29, 1.82) is 0 Å². The molecule has 1 fully saturated rings. The highest BCUT2D eigenvalue weighted by atomic mass is 19.1. The van der Waals surface area contributed by atoms with E-state index in [9.17, 15) is 18.4 Å². The third-order valence-corrected chi connectivity index (χ3v) is 2.78. The van der Waals surface area contributed by atoms with Gasteiger partial charge < -0.3 is 16.0 Å². The summed E-state index contributed by atoms with van der Waals surface area (Å²) in [5.41, 5.74) is -0.0984. The lowest BCUT2D eigenvalue weighted by Gasteiger charge is -2.23. The fourth-order valence-electron chi connectivity index (χ4n) is 1.79. The number of carbonyl (C=O) groups is 2. The summed E-state index contributed by atoms with van der Waals surface area (Å²) in [4.78, 5) is 22.5. The van der Waals surface area contributed by atoms with E-state index < -0.39 is 17.7 Å². The lowest BCUT2D eigenvalue weighted by molar-refractivity contribution is -0.122. The third-order valence-electron chi connectivity index (χ3n) is 2.78. The third kappa shape index (κ3) is 3.64. The molecule has 1 heterocycles. The van der Waals surface area contributed by atoms with Crippen molar-refractivity contribution in [1.82, 2.24) is 10.6 Å². The predicted octanol–water partition coefficient (Wildman–Crippen LogP) is 1.36. The average molecular weight is 269 g/mol. The van der Waals surface area contributed by atoms with Gasteiger partial charge in [0.2, 0.25) is 5.91 Å². The van der Waals surface area contributed by atoms with E-state index in [2.05, 4.69) is 16.0 Å². The van der Waals surface area contributed by atoms with E-state index >= 15 is 0 Å². The maximum absolute atomic E-state index is 13.3. The van der Waals surface area contributed by atoms with E-state index in [0.717, 1.165) is 12.1 Å². The van der Waals surface area contributed by atoms with Gasteiger partial charge in [-0.1, -0.05) is 0 Å². The average Bonchev–Trinajstić information content (AvgIpc) is 2.36. The molecule has 102 valence electrons. The van der Waals surface area contributed by atoms with Gasteiger partial charge in [-0.3, -0.25) is 4.79 Å². The number of halogens is 2. The largest absolute Gasteiger partial charge is 0.354 e. The van der Waals surface area contributed by atoms with Crippen molar-refractivity contribution < 1.29 is 18.4 Å². The maximum atomic E-state index is 13.3. The van der Waals surface area contributed by atoms with Crippen LogP contribution in [0.4, 0.5) is 19.3 Å². The van der Waals surface area contributed by atoms with E-state index in [0.29, 0.717) is 25.5 Å². The van der Waals surface area contributed by atoms with Crippen molar-refractivity contribution in [3.8, 4) is 0 Å². The van der Waals surface area contributed by atoms with Crippen molar-refractivity contribution in [2.45, 2.75) is 18.9 Å². The van der Waals surface area contributed by atoms with Crippen LogP contribution in [0.5, 0.6) is 0 Å². The van der Waals surface area contributed by atoms with Crippen molar-refractivity contribution in [3.63, 3.8) is 0 Å². The van der Waals surface area contributed by atoms with Gasteiger partial charge in [-0.25, -0.2) is 13.6 Å². The van der Waals surface area contributed by atoms with Gasteiger partial charge in [0.1, 0.15) is 11.6 Å². The van der Waals surface area contributed by atoms with Crippen LogP contribution >= 0.6 is 0 Å². The molecule has 1 aromatic rings. The maximum Gasteiger partial charge on any atom is 0.319 e. The van der Waals surface area contributed by atoms with Gasteiger partial charge in [-0.15, -0.1) is 0 Å². The van der Waals surface area contributed by atoms with Gasteiger partial charge in [-0.2, -0.15) is 0 Å². The Morgan fingerprint density at radius 3 is 2.79 bits per heavy atom. The van der Waals surface area contributed by atoms with Gasteiger partial charge in [0.25, 0.3) is 0 Å². The molecular weight excluding hydrogens is 256 g/mol. The molecule has 1 saturated heterocycles. The van der Waals surface area contributed by atoms with Crippen molar-refractivity contribution in [2.75, 3.05) is 11.9 Å². The highest BCUT2D eigenvalue weighted by Crippen LogP contribution is 2.14. The van der Waals surface area contributed by atoms with E-state index in [1.54, 1.807) is 0 Å². The molecule has 3 N–H and O–H groups in total. The fraction of sp³-hybridized carbons (Fsp3) is 0.333. The summed E-state index contributed by atoms with van der Waals surface area (Å²) >= 11 is 0. The smallest absolute Gasteiger partial charge is 0.319 e. The molecule has 7 heteroatoms. The summed E-state index contributed by atoms with van der Waals surface area (Å²) in [5, 5.41) is 7.51. The zero-order valence-electron chi connectivity index (χ0n) is 10.0. The molecule has 0 aliphatic carbocycles. The Hall–Kier alpha value is -2.18. The van der Waals surface area contributed by atoms with Gasteiger partial charge in [0, 0.05) is 25.1 Å². The van der Waals surface area contributed by atoms with Crippen LogP contribution in [0.2, 0.25) is 0 Å². The van der Waals surface area contributed by atoms with Crippen LogP contribution < -0.4 is 16.0 Å². The Labute approximate surface area is 108 Å². The minimum atomic E-state index is -0.841. The van der Waals surface area contributed by atoms with Crippen LogP contribution in [0, 0.1) is 11.6 Å². The molecule has 1 aliphatic heterocycles. The molecule has 19 heavy (non-hydrogen) atoms. The molecule has 1 atom stereocenters. The van der Waals surface area contributed by atoms with Crippen LogP contribution in [0.1, 0.15) is 12.8 Å². The number of hydrogen-bond acceptors (Lipinski definition) is 2. The number of anilines is 1. The van der Waals surface area contributed by atoms with Crippen LogP contribution in [-0.4, -0.2) is 24.5 Å². The number of benzene rings is 1. The summed E-state index contributed by atoms with van der Waals surface area (Å²) in [6.45, 7) is 0.345. The Kier molecular flexibility index (Phi) is 3.94. The first kappa shape index (κ1) is 13.3. The topological polar surface area (TPSA) is 70.2 Å². The minimum Gasteiger partial charge on any atom is -0.354 e. The van der Waals surface area contributed by atoms with E-state index in [-0.39, 0.29) is 17.6 Å². The molecule has 1 aromatic carbocycles. The lowest BCUT2D eigenvalue weighted by atomic mass is 10.1. The molecule has 0 radical (unpaired) electrons. The molecule has 0 saturated carbocycles. The van der Waals surface area contributed by atoms with Crippen molar-refractivity contribution >= 4 is 17.6 Å². The number of nitrogens with one attached hydrogen (secondary N) is 3. The van der Waals surface area contributed by atoms with Crippen molar-refractivity contribution in [2.24, 2.45) is 0 Å². The number of piperidine rings is 1. The number of rotatable bonds is 2. The van der Waals surface area contributed by atoms with E-state index in [1.807, 2.05) is 0 Å². The fourth-order valence-corrected chi connectivity index (χ4v) is 1.79. The SMILES string of the molecule is O=C1CCC(NC(=O)Nc2ccc(F)cc2F)CN1. The zero-order valence-corrected chi connectivity index (χ0v) is 10.0. The standard InChI is InChI=1S/C12H13F2N3O2/c13-7-1-3-10(9(14)5-7)17-12(19)16-8-2-4-11(18)15-6-8/h1,3,5,8H,2,4,6H2,(H,15,18)(H2,16,17,19). The molecule has 3 amide bonds. The first-order valence-electron chi connectivity index (χ1n) is 5.84. The minimum absolute atomic E-state index is 0.0527. The van der Waals surface area contributed by atoms with Gasteiger partial charge in [-0.05, 0) is 18.6 Å². The highest BCUT2D eigenvalue weighted by Gasteiger charge is 2.19. The summed E-state index contributed by atoms with van der Waals surface area (Å²) in [6.07, 6.45) is 0.876. The summed E-state index contributed by atoms with van der Waals surface area (Å²) in [6, 6.07) is 2.11. The second kappa shape index (κ2) is 5.64. The molecule has 5 nitrogen and oxygen atoms in total. The zero-order chi connectivity index (χ0) is 13.8. The Balaban J connectivity index is 1.89. The lowest BCUT2D eigenvalue weighted by Crippen LogP contribution is -2.48.